The van der Waals surface area contributed by atoms with Gasteiger partial charge in [-0.1, -0.05) is 0 Å². The average Bonchev–Trinajstić information content (AvgIpc) is 2.30. The van der Waals surface area contributed by atoms with Gasteiger partial charge in [-0.3, -0.25) is 9.78 Å². The van der Waals surface area contributed by atoms with Gasteiger partial charge in [-0.25, -0.2) is 0 Å². The van der Waals surface area contributed by atoms with E-state index in [2.05, 4.69) is 10.3 Å². The number of hydrogen-bond donors (Lipinski definition) is 2. The summed E-state index contributed by atoms with van der Waals surface area (Å²) in [7, 11) is 0. The number of rotatable bonds is 2. The second kappa shape index (κ2) is 5.82. The highest BCUT2D eigenvalue weighted by Gasteiger charge is 2.20. The van der Waals surface area contributed by atoms with Crippen molar-refractivity contribution in [1.82, 2.24) is 10.3 Å². The molecule has 0 aromatic carbocycles. The lowest BCUT2D eigenvalue weighted by atomic mass is 9.91. The summed E-state index contributed by atoms with van der Waals surface area (Å²) < 4.78 is 0. The minimum absolute atomic E-state index is 0. The van der Waals surface area contributed by atoms with Crippen LogP contribution < -0.4 is 11.1 Å². The van der Waals surface area contributed by atoms with E-state index in [0.717, 1.165) is 31.6 Å². The molecule has 1 fully saturated rings. The molecule has 1 aromatic rings. The number of amides is 1. The Balaban J connectivity index is 0.00000128. The Labute approximate surface area is 101 Å². The zero-order valence-corrected chi connectivity index (χ0v) is 9.80. The third-order valence-electron chi connectivity index (χ3n) is 2.83. The number of carbonyl (C=O) groups is 1. The molecule has 3 N–H and O–H groups in total. The average molecular weight is 242 g/mol. The van der Waals surface area contributed by atoms with Crippen molar-refractivity contribution in [3.8, 4) is 0 Å². The lowest BCUT2D eigenvalue weighted by Gasteiger charge is -2.23. The lowest BCUT2D eigenvalue weighted by Crippen LogP contribution is -2.28. The second-order valence-corrected chi connectivity index (χ2v) is 3.82. The van der Waals surface area contributed by atoms with Gasteiger partial charge in [-0.2, -0.15) is 0 Å². The van der Waals surface area contributed by atoms with Crippen LogP contribution in [-0.4, -0.2) is 24.0 Å². The molecule has 0 bridgehead atoms. The van der Waals surface area contributed by atoms with Gasteiger partial charge in [0.05, 0.1) is 11.3 Å². The third kappa shape index (κ3) is 2.71. The predicted molar refractivity (Wildman–Crippen MR) is 64.8 cm³/mol. The fourth-order valence-electron chi connectivity index (χ4n) is 2.05. The van der Waals surface area contributed by atoms with Crippen molar-refractivity contribution >= 4 is 18.3 Å². The number of halogens is 1. The molecule has 4 nitrogen and oxygen atoms in total. The van der Waals surface area contributed by atoms with E-state index in [1.807, 2.05) is 0 Å². The molecule has 0 aliphatic carbocycles. The summed E-state index contributed by atoms with van der Waals surface area (Å²) >= 11 is 0. The van der Waals surface area contributed by atoms with Gasteiger partial charge in [0, 0.05) is 12.1 Å². The first-order valence-electron chi connectivity index (χ1n) is 5.24. The van der Waals surface area contributed by atoms with Gasteiger partial charge in [0.25, 0.3) is 5.91 Å². The maximum atomic E-state index is 11.2. The van der Waals surface area contributed by atoms with Gasteiger partial charge in [0.15, 0.2) is 0 Å². The van der Waals surface area contributed by atoms with Crippen molar-refractivity contribution in [1.29, 1.82) is 0 Å². The molecule has 5 heteroatoms. The molecule has 88 valence electrons. The number of piperidine rings is 1. The van der Waals surface area contributed by atoms with Crippen LogP contribution in [0.4, 0.5) is 0 Å². The highest BCUT2D eigenvalue weighted by atomic mass is 35.5. The normalized spacial score (nSPS) is 16.5. The first kappa shape index (κ1) is 12.9. The number of nitrogens with one attached hydrogen (secondary N) is 1. The predicted octanol–water partition coefficient (Wildman–Crippen LogP) is 1.07. The van der Waals surface area contributed by atoms with Crippen molar-refractivity contribution in [2.75, 3.05) is 13.1 Å². The Bertz CT molecular complexity index is 364. The number of primary amides is 1. The highest BCUT2D eigenvalue weighted by Crippen LogP contribution is 2.25. The molecule has 2 rings (SSSR count). The molecular weight excluding hydrogens is 226 g/mol. The molecule has 1 aromatic heterocycles. The fourth-order valence-corrected chi connectivity index (χ4v) is 2.05. The van der Waals surface area contributed by atoms with Crippen molar-refractivity contribution in [3.63, 3.8) is 0 Å². The molecule has 0 unspecified atom stereocenters. The molecule has 1 saturated heterocycles. The Morgan fingerprint density at radius 1 is 1.44 bits per heavy atom. The zero-order chi connectivity index (χ0) is 10.7. The third-order valence-corrected chi connectivity index (χ3v) is 2.83. The second-order valence-electron chi connectivity index (χ2n) is 3.82. The Morgan fingerprint density at radius 3 is 2.75 bits per heavy atom. The van der Waals surface area contributed by atoms with Crippen molar-refractivity contribution in [2.45, 2.75) is 18.8 Å². The molecular formula is C11H16ClN3O. The minimum atomic E-state index is -0.378. The summed E-state index contributed by atoms with van der Waals surface area (Å²) in [6.45, 7) is 1.97. The molecule has 0 atom stereocenters. The number of nitrogens with two attached hydrogens (primary N) is 1. The highest BCUT2D eigenvalue weighted by molar-refractivity contribution is 5.94. The first-order valence-corrected chi connectivity index (χ1v) is 5.24. The van der Waals surface area contributed by atoms with Gasteiger partial charge in [-0.15, -0.1) is 12.4 Å². The SMILES string of the molecule is Cl.NC(=O)c1cccnc1C1CCNCC1. The zero-order valence-electron chi connectivity index (χ0n) is 8.98. The standard InChI is InChI=1S/C11H15N3O.ClH/c12-11(15)9-2-1-5-14-10(9)8-3-6-13-7-4-8;/h1-2,5,8,13H,3-4,6-7H2,(H2,12,15);1H. The lowest BCUT2D eigenvalue weighted by molar-refractivity contribution is 0.0998. The van der Waals surface area contributed by atoms with E-state index in [1.54, 1.807) is 18.3 Å². The Kier molecular flexibility index (Phi) is 4.71. The number of carbonyl (C=O) groups excluding carboxylic acids is 1. The number of hydrogen-bond acceptors (Lipinski definition) is 3. The number of aromatic nitrogens is 1. The molecule has 0 saturated carbocycles. The maximum Gasteiger partial charge on any atom is 0.250 e. The molecule has 16 heavy (non-hydrogen) atoms. The summed E-state index contributed by atoms with van der Waals surface area (Å²) in [6.07, 6.45) is 3.78. The molecule has 0 radical (unpaired) electrons. The van der Waals surface area contributed by atoms with E-state index in [0.29, 0.717) is 11.5 Å². The van der Waals surface area contributed by atoms with Gasteiger partial charge >= 0.3 is 0 Å². The van der Waals surface area contributed by atoms with Crippen LogP contribution in [0.3, 0.4) is 0 Å². The largest absolute Gasteiger partial charge is 0.366 e. The van der Waals surface area contributed by atoms with E-state index in [1.165, 1.54) is 0 Å². The van der Waals surface area contributed by atoms with E-state index in [9.17, 15) is 4.79 Å². The summed E-state index contributed by atoms with van der Waals surface area (Å²) in [5.74, 6) is -0.00779. The summed E-state index contributed by atoms with van der Waals surface area (Å²) in [4.78, 5) is 15.5. The van der Waals surface area contributed by atoms with Crippen molar-refractivity contribution in [2.24, 2.45) is 5.73 Å². The quantitative estimate of drug-likeness (QED) is 0.814. The van der Waals surface area contributed by atoms with Crippen LogP contribution in [0.5, 0.6) is 0 Å². The number of pyridine rings is 1. The fraction of sp³-hybridized carbons (Fsp3) is 0.455. The van der Waals surface area contributed by atoms with Gasteiger partial charge in [-0.05, 0) is 38.1 Å². The van der Waals surface area contributed by atoms with E-state index < -0.39 is 0 Å². The Hall–Kier alpha value is -1.13. The smallest absolute Gasteiger partial charge is 0.250 e. The topological polar surface area (TPSA) is 68.0 Å². The van der Waals surface area contributed by atoms with Crippen LogP contribution >= 0.6 is 12.4 Å². The summed E-state index contributed by atoms with van der Waals surface area (Å²) in [6, 6.07) is 3.51. The maximum absolute atomic E-state index is 11.2. The van der Waals surface area contributed by atoms with E-state index in [-0.39, 0.29) is 18.3 Å². The number of nitrogens with zero attached hydrogens (tertiary/aromatic N) is 1. The molecule has 2 heterocycles. The first-order chi connectivity index (χ1) is 7.29. The monoisotopic (exact) mass is 241 g/mol. The van der Waals surface area contributed by atoms with E-state index in [4.69, 9.17) is 5.73 Å². The van der Waals surface area contributed by atoms with Crippen LogP contribution in [-0.2, 0) is 0 Å². The van der Waals surface area contributed by atoms with Crippen molar-refractivity contribution in [3.05, 3.63) is 29.6 Å². The van der Waals surface area contributed by atoms with Crippen LogP contribution in [0, 0.1) is 0 Å². The molecule has 0 spiro atoms. The van der Waals surface area contributed by atoms with Crippen LogP contribution in [0.1, 0.15) is 34.8 Å². The molecule has 1 aliphatic heterocycles. The molecule has 1 amide bonds. The molecule has 1 aliphatic rings. The van der Waals surface area contributed by atoms with Crippen molar-refractivity contribution < 1.29 is 4.79 Å². The van der Waals surface area contributed by atoms with E-state index >= 15 is 0 Å². The van der Waals surface area contributed by atoms with Crippen LogP contribution in [0.25, 0.3) is 0 Å². The van der Waals surface area contributed by atoms with Crippen LogP contribution in [0.15, 0.2) is 18.3 Å². The van der Waals surface area contributed by atoms with Gasteiger partial charge in [0.2, 0.25) is 0 Å². The summed E-state index contributed by atoms with van der Waals surface area (Å²) in [5.41, 5.74) is 6.77. The summed E-state index contributed by atoms with van der Waals surface area (Å²) in [5, 5.41) is 3.29. The van der Waals surface area contributed by atoms with Gasteiger partial charge in [0.1, 0.15) is 0 Å². The van der Waals surface area contributed by atoms with Crippen LogP contribution in [0.2, 0.25) is 0 Å². The Morgan fingerprint density at radius 2 is 2.12 bits per heavy atom. The van der Waals surface area contributed by atoms with Gasteiger partial charge < -0.3 is 11.1 Å². The minimum Gasteiger partial charge on any atom is -0.366 e.